The average Bonchev–Trinajstić information content (AvgIpc) is 3.03. The van der Waals surface area contributed by atoms with E-state index in [0.29, 0.717) is 18.0 Å². The van der Waals surface area contributed by atoms with Crippen molar-refractivity contribution in [2.24, 2.45) is 11.8 Å². The first-order valence-electron chi connectivity index (χ1n) is 6.95. The van der Waals surface area contributed by atoms with Crippen LogP contribution >= 0.6 is 11.3 Å². The van der Waals surface area contributed by atoms with E-state index in [1.165, 1.54) is 11.3 Å². The van der Waals surface area contributed by atoms with Gasteiger partial charge in [0.25, 0.3) is 0 Å². The highest BCUT2D eigenvalue weighted by molar-refractivity contribution is 7.22. The standard InChI is InChI=1S/C15H16N2O3S/c1-8-5-6-11-12(7-8)21-15(16-11)17-13(18)9-3-2-4-10(9)14(19)20/h5-7,9-10H,2-4H2,1H3,(H,19,20)(H,16,17,18). The van der Waals surface area contributed by atoms with Gasteiger partial charge >= 0.3 is 5.97 Å². The molecule has 1 heterocycles. The van der Waals surface area contributed by atoms with Gasteiger partial charge in [-0.05, 0) is 37.5 Å². The van der Waals surface area contributed by atoms with Gasteiger partial charge in [-0.2, -0.15) is 0 Å². The largest absolute Gasteiger partial charge is 0.481 e. The van der Waals surface area contributed by atoms with Crippen LogP contribution in [0.25, 0.3) is 10.2 Å². The Hall–Kier alpha value is -1.95. The molecule has 1 saturated carbocycles. The number of carbonyl (C=O) groups is 2. The maximum atomic E-state index is 12.3. The molecule has 0 spiro atoms. The highest BCUT2D eigenvalue weighted by Gasteiger charge is 2.37. The van der Waals surface area contributed by atoms with E-state index in [-0.39, 0.29) is 5.91 Å². The van der Waals surface area contributed by atoms with Gasteiger partial charge in [-0.1, -0.05) is 23.8 Å². The molecule has 21 heavy (non-hydrogen) atoms. The number of amides is 1. The van der Waals surface area contributed by atoms with Crippen molar-refractivity contribution in [2.75, 3.05) is 5.32 Å². The lowest BCUT2D eigenvalue weighted by Gasteiger charge is -2.14. The Bertz CT molecular complexity index is 710. The number of aryl methyl sites for hydroxylation is 1. The van der Waals surface area contributed by atoms with Gasteiger partial charge in [-0.3, -0.25) is 9.59 Å². The zero-order valence-corrected chi connectivity index (χ0v) is 12.4. The van der Waals surface area contributed by atoms with E-state index in [4.69, 9.17) is 5.11 Å². The number of thiazole rings is 1. The van der Waals surface area contributed by atoms with Gasteiger partial charge in [0.1, 0.15) is 0 Å². The predicted molar refractivity (Wildman–Crippen MR) is 81.5 cm³/mol. The third-order valence-electron chi connectivity index (χ3n) is 3.94. The number of rotatable bonds is 3. The molecule has 1 amide bonds. The molecule has 1 aromatic carbocycles. The molecule has 1 aromatic heterocycles. The van der Waals surface area contributed by atoms with Gasteiger partial charge in [-0.15, -0.1) is 0 Å². The van der Waals surface area contributed by atoms with Crippen molar-refractivity contribution < 1.29 is 14.7 Å². The third kappa shape index (κ3) is 2.76. The van der Waals surface area contributed by atoms with E-state index in [2.05, 4.69) is 10.3 Å². The van der Waals surface area contributed by atoms with Crippen LogP contribution < -0.4 is 5.32 Å². The number of nitrogens with zero attached hydrogens (tertiary/aromatic N) is 1. The minimum atomic E-state index is -0.882. The van der Waals surface area contributed by atoms with Gasteiger partial charge in [-0.25, -0.2) is 4.98 Å². The van der Waals surface area contributed by atoms with Gasteiger partial charge in [0, 0.05) is 0 Å². The van der Waals surface area contributed by atoms with Crippen LogP contribution in [0, 0.1) is 18.8 Å². The molecule has 5 nitrogen and oxygen atoms in total. The quantitative estimate of drug-likeness (QED) is 0.913. The molecule has 2 atom stereocenters. The number of nitrogens with one attached hydrogen (secondary N) is 1. The van der Waals surface area contributed by atoms with E-state index in [1.807, 2.05) is 25.1 Å². The molecule has 6 heteroatoms. The van der Waals surface area contributed by atoms with Crippen LogP contribution in [-0.4, -0.2) is 22.0 Å². The van der Waals surface area contributed by atoms with Crippen molar-refractivity contribution in [3.63, 3.8) is 0 Å². The molecule has 1 fully saturated rings. The van der Waals surface area contributed by atoms with E-state index in [9.17, 15) is 9.59 Å². The molecule has 0 saturated heterocycles. The number of benzene rings is 1. The summed E-state index contributed by atoms with van der Waals surface area (Å²) in [5, 5.41) is 12.5. The Morgan fingerprint density at radius 3 is 2.86 bits per heavy atom. The van der Waals surface area contributed by atoms with Crippen LogP contribution in [0.2, 0.25) is 0 Å². The Labute approximate surface area is 126 Å². The van der Waals surface area contributed by atoms with Crippen LogP contribution in [0.1, 0.15) is 24.8 Å². The zero-order valence-electron chi connectivity index (χ0n) is 11.6. The van der Waals surface area contributed by atoms with Crippen LogP contribution in [0.4, 0.5) is 5.13 Å². The lowest BCUT2D eigenvalue weighted by atomic mass is 9.95. The number of hydrogen-bond acceptors (Lipinski definition) is 4. The molecular weight excluding hydrogens is 288 g/mol. The number of hydrogen-bond donors (Lipinski definition) is 2. The summed E-state index contributed by atoms with van der Waals surface area (Å²) in [7, 11) is 0. The average molecular weight is 304 g/mol. The first-order chi connectivity index (χ1) is 10.0. The molecule has 1 aliphatic carbocycles. The van der Waals surface area contributed by atoms with Crippen LogP contribution in [0.5, 0.6) is 0 Å². The second-order valence-electron chi connectivity index (χ2n) is 5.46. The number of fused-ring (bicyclic) bond motifs is 1. The second-order valence-corrected chi connectivity index (χ2v) is 6.49. The fourth-order valence-electron chi connectivity index (χ4n) is 2.85. The molecule has 0 radical (unpaired) electrons. The SMILES string of the molecule is Cc1ccc2nc(NC(=O)C3CCCC3C(=O)O)sc2c1. The maximum absolute atomic E-state index is 12.3. The lowest BCUT2D eigenvalue weighted by Crippen LogP contribution is -2.29. The zero-order chi connectivity index (χ0) is 15.0. The smallest absolute Gasteiger partial charge is 0.307 e. The van der Waals surface area contributed by atoms with Gasteiger partial charge in [0.2, 0.25) is 5.91 Å². The van der Waals surface area contributed by atoms with Crippen molar-refractivity contribution in [3.8, 4) is 0 Å². The molecule has 1 aliphatic rings. The monoisotopic (exact) mass is 304 g/mol. The molecule has 110 valence electrons. The molecule has 0 aliphatic heterocycles. The van der Waals surface area contributed by atoms with Gasteiger partial charge < -0.3 is 10.4 Å². The number of carboxylic acid groups (broad SMARTS) is 1. The first-order valence-corrected chi connectivity index (χ1v) is 7.77. The number of anilines is 1. The summed E-state index contributed by atoms with van der Waals surface area (Å²) in [5.41, 5.74) is 1.99. The van der Waals surface area contributed by atoms with Crippen molar-refractivity contribution >= 4 is 38.6 Å². The topological polar surface area (TPSA) is 79.3 Å². The number of carbonyl (C=O) groups excluding carboxylic acids is 1. The summed E-state index contributed by atoms with van der Waals surface area (Å²) >= 11 is 1.42. The number of aliphatic carboxylic acids is 1. The first kappa shape index (κ1) is 14.0. The van der Waals surface area contributed by atoms with E-state index >= 15 is 0 Å². The third-order valence-corrected chi connectivity index (χ3v) is 4.88. The minimum absolute atomic E-state index is 0.226. The Morgan fingerprint density at radius 2 is 2.10 bits per heavy atom. The lowest BCUT2D eigenvalue weighted by molar-refractivity contribution is -0.145. The summed E-state index contributed by atoms with van der Waals surface area (Å²) in [6, 6.07) is 5.93. The summed E-state index contributed by atoms with van der Waals surface area (Å²) in [6.45, 7) is 2.01. The fourth-order valence-corrected chi connectivity index (χ4v) is 3.82. The number of carboxylic acids is 1. The summed E-state index contributed by atoms with van der Waals surface area (Å²) in [5.74, 6) is -2.12. The van der Waals surface area contributed by atoms with E-state index in [1.54, 1.807) is 0 Å². The van der Waals surface area contributed by atoms with Gasteiger partial charge in [0.15, 0.2) is 5.13 Å². The molecule has 0 bridgehead atoms. The normalized spacial score (nSPS) is 21.6. The van der Waals surface area contributed by atoms with E-state index in [0.717, 1.165) is 22.2 Å². The number of aromatic nitrogens is 1. The van der Waals surface area contributed by atoms with Crippen LogP contribution in [0.3, 0.4) is 0 Å². The molecular formula is C15H16N2O3S. The van der Waals surface area contributed by atoms with Crippen LogP contribution in [-0.2, 0) is 9.59 Å². The van der Waals surface area contributed by atoms with Crippen molar-refractivity contribution in [1.82, 2.24) is 4.98 Å². The Morgan fingerprint density at radius 1 is 1.33 bits per heavy atom. The highest BCUT2D eigenvalue weighted by Crippen LogP contribution is 2.34. The molecule has 2 N–H and O–H groups in total. The Balaban J connectivity index is 1.78. The maximum Gasteiger partial charge on any atom is 0.307 e. The summed E-state index contributed by atoms with van der Waals surface area (Å²) in [4.78, 5) is 27.8. The van der Waals surface area contributed by atoms with Crippen molar-refractivity contribution in [1.29, 1.82) is 0 Å². The Kier molecular flexibility index (Phi) is 3.63. The minimum Gasteiger partial charge on any atom is -0.481 e. The van der Waals surface area contributed by atoms with Crippen LogP contribution in [0.15, 0.2) is 18.2 Å². The predicted octanol–water partition coefficient (Wildman–Crippen LogP) is 3.04. The molecule has 2 aromatic rings. The summed E-state index contributed by atoms with van der Waals surface area (Å²) < 4.78 is 1.02. The van der Waals surface area contributed by atoms with Crippen molar-refractivity contribution in [2.45, 2.75) is 26.2 Å². The van der Waals surface area contributed by atoms with Crippen molar-refractivity contribution in [3.05, 3.63) is 23.8 Å². The summed E-state index contributed by atoms with van der Waals surface area (Å²) in [6.07, 6.45) is 1.99. The fraction of sp³-hybridized carbons (Fsp3) is 0.400. The van der Waals surface area contributed by atoms with Gasteiger partial charge in [0.05, 0.1) is 22.1 Å². The molecule has 2 unspecified atom stereocenters. The highest BCUT2D eigenvalue weighted by atomic mass is 32.1. The van der Waals surface area contributed by atoms with E-state index < -0.39 is 17.8 Å². The second kappa shape index (κ2) is 5.44. The molecule has 3 rings (SSSR count).